The zero-order valence-corrected chi connectivity index (χ0v) is 12.6. The highest BCUT2D eigenvalue weighted by molar-refractivity contribution is 6.30. The third-order valence-electron chi connectivity index (χ3n) is 3.34. The number of aromatic nitrogens is 2. The molecule has 0 aromatic carbocycles. The molecule has 0 fully saturated rings. The van der Waals surface area contributed by atoms with E-state index in [1.54, 1.807) is 0 Å². The largest absolute Gasteiger partial charge is 0.366 e. The smallest absolute Gasteiger partial charge is 0.155 e. The summed E-state index contributed by atoms with van der Waals surface area (Å²) in [5.41, 5.74) is 2.10. The summed E-state index contributed by atoms with van der Waals surface area (Å²) in [6.07, 6.45) is 6.35. The summed E-state index contributed by atoms with van der Waals surface area (Å²) >= 11 is 5.94. The lowest BCUT2D eigenvalue weighted by Crippen LogP contribution is -2.17. The van der Waals surface area contributed by atoms with E-state index in [0.717, 1.165) is 16.9 Å². The van der Waals surface area contributed by atoms with E-state index in [1.807, 2.05) is 13.8 Å². The second-order valence-corrected chi connectivity index (χ2v) is 5.34. The molecule has 1 aromatic heterocycles. The zero-order valence-electron chi connectivity index (χ0n) is 11.9. The molecule has 4 heteroatoms. The van der Waals surface area contributed by atoms with Crippen molar-refractivity contribution in [2.45, 2.75) is 65.8 Å². The molecule has 0 aliphatic rings. The highest BCUT2D eigenvalue weighted by Gasteiger charge is 2.10. The third-order valence-corrected chi connectivity index (χ3v) is 3.70. The first kappa shape index (κ1) is 15.2. The number of hydrogen-bond donors (Lipinski definition) is 1. The molecule has 1 aromatic rings. The van der Waals surface area contributed by atoms with Crippen LogP contribution in [-0.2, 0) is 0 Å². The number of anilines is 1. The predicted molar refractivity (Wildman–Crippen MR) is 78.4 cm³/mol. The molecule has 0 spiro atoms. The van der Waals surface area contributed by atoms with Crippen molar-refractivity contribution in [1.29, 1.82) is 0 Å². The molecule has 1 heterocycles. The van der Waals surface area contributed by atoms with Crippen molar-refractivity contribution in [1.82, 2.24) is 10.2 Å². The summed E-state index contributed by atoms with van der Waals surface area (Å²) in [4.78, 5) is 0. The normalized spacial score (nSPS) is 12.5. The number of nitrogens with zero attached hydrogens (tertiary/aromatic N) is 2. The highest BCUT2D eigenvalue weighted by Crippen LogP contribution is 2.21. The molecule has 0 aliphatic carbocycles. The van der Waals surface area contributed by atoms with Gasteiger partial charge in [0.05, 0.1) is 0 Å². The van der Waals surface area contributed by atoms with Crippen molar-refractivity contribution < 1.29 is 0 Å². The average molecular weight is 270 g/mol. The van der Waals surface area contributed by atoms with Crippen molar-refractivity contribution in [3.8, 4) is 0 Å². The molecule has 0 saturated heterocycles. The maximum Gasteiger partial charge on any atom is 0.155 e. The second kappa shape index (κ2) is 7.57. The minimum atomic E-state index is 0.426. The van der Waals surface area contributed by atoms with E-state index in [9.17, 15) is 0 Å². The SMILES string of the molecule is CCCCCCC(C)Nc1nnc(Cl)c(C)c1C. The summed E-state index contributed by atoms with van der Waals surface area (Å²) in [5, 5.41) is 12.0. The molecule has 18 heavy (non-hydrogen) atoms. The Morgan fingerprint density at radius 3 is 2.50 bits per heavy atom. The van der Waals surface area contributed by atoms with Gasteiger partial charge >= 0.3 is 0 Å². The van der Waals surface area contributed by atoms with Crippen LogP contribution in [0.4, 0.5) is 5.82 Å². The topological polar surface area (TPSA) is 37.8 Å². The molecule has 1 atom stereocenters. The van der Waals surface area contributed by atoms with E-state index < -0.39 is 0 Å². The van der Waals surface area contributed by atoms with Gasteiger partial charge in [0.2, 0.25) is 0 Å². The lowest BCUT2D eigenvalue weighted by molar-refractivity contribution is 0.592. The first-order valence-electron chi connectivity index (χ1n) is 6.82. The quantitative estimate of drug-likeness (QED) is 0.740. The van der Waals surface area contributed by atoms with Gasteiger partial charge in [0.1, 0.15) is 0 Å². The monoisotopic (exact) mass is 269 g/mol. The predicted octanol–water partition coefficient (Wildman–Crippen LogP) is 4.52. The van der Waals surface area contributed by atoms with Gasteiger partial charge in [-0.15, -0.1) is 10.2 Å². The van der Waals surface area contributed by atoms with Crippen molar-refractivity contribution in [3.63, 3.8) is 0 Å². The Bertz CT molecular complexity index is 380. The summed E-state index contributed by atoms with van der Waals surface area (Å²) < 4.78 is 0. The lowest BCUT2D eigenvalue weighted by Gasteiger charge is -2.16. The molecular formula is C14H24ClN3. The molecule has 102 valence electrons. The minimum absolute atomic E-state index is 0.426. The molecule has 0 saturated carbocycles. The van der Waals surface area contributed by atoms with Crippen LogP contribution in [0.2, 0.25) is 5.15 Å². The van der Waals surface area contributed by atoms with Crippen molar-refractivity contribution >= 4 is 17.4 Å². The van der Waals surface area contributed by atoms with Crippen molar-refractivity contribution in [3.05, 3.63) is 16.3 Å². The van der Waals surface area contributed by atoms with Gasteiger partial charge < -0.3 is 5.32 Å². The van der Waals surface area contributed by atoms with E-state index in [0.29, 0.717) is 11.2 Å². The van der Waals surface area contributed by atoms with Gasteiger partial charge in [-0.1, -0.05) is 44.2 Å². The Morgan fingerprint density at radius 2 is 1.83 bits per heavy atom. The molecular weight excluding hydrogens is 246 g/mol. The maximum absolute atomic E-state index is 5.94. The molecule has 1 N–H and O–H groups in total. The number of hydrogen-bond acceptors (Lipinski definition) is 3. The van der Waals surface area contributed by atoms with Gasteiger partial charge in [-0.25, -0.2) is 0 Å². The number of unbranched alkanes of at least 4 members (excludes halogenated alkanes) is 3. The van der Waals surface area contributed by atoms with Crippen LogP contribution < -0.4 is 5.32 Å². The number of nitrogens with one attached hydrogen (secondary N) is 1. The Labute approximate surface area is 115 Å². The molecule has 1 unspecified atom stereocenters. The number of halogens is 1. The summed E-state index contributed by atoms with van der Waals surface area (Å²) in [6.45, 7) is 8.43. The average Bonchev–Trinajstić information content (AvgIpc) is 2.35. The molecule has 3 nitrogen and oxygen atoms in total. The van der Waals surface area contributed by atoms with E-state index in [2.05, 4.69) is 29.4 Å². The van der Waals surface area contributed by atoms with Gasteiger partial charge in [-0.2, -0.15) is 0 Å². The summed E-state index contributed by atoms with van der Waals surface area (Å²) in [6, 6.07) is 0.426. The molecule has 1 rings (SSSR count). The molecule has 0 radical (unpaired) electrons. The molecule has 0 bridgehead atoms. The van der Waals surface area contributed by atoms with Gasteiger partial charge in [0.25, 0.3) is 0 Å². The Hall–Kier alpha value is -0.830. The second-order valence-electron chi connectivity index (χ2n) is 4.98. The third kappa shape index (κ3) is 4.45. The van der Waals surface area contributed by atoms with Gasteiger partial charge in [-0.3, -0.25) is 0 Å². The zero-order chi connectivity index (χ0) is 13.5. The van der Waals surface area contributed by atoms with E-state index in [4.69, 9.17) is 11.6 Å². The van der Waals surface area contributed by atoms with E-state index in [1.165, 1.54) is 32.1 Å². The van der Waals surface area contributed by atoms with Crippen LogP contribution in [0.25, 0.3) is 0 Å². The maximum atomic E-state index is 5.94. The fourth-order valence-electron chi connectivity index (χ4n) is 1.90. The lowest BCUT2D eigenvalue weighted by atomic mass is 10.1. The van der Waals surface area contributed by atoms with E-state index in [-0.39, 0.29) is 0 Å². The van der Waals surface area contributed by atoms with Crippen LogP contribution in [0.15, 0.2) is 0 Å². The van der Waals surface area contributed by atoms with Crippen LogP contribution in [0.3, 0.4) is 0 Å². The standard InChI is InChI=1S/C14H24ClN3/c1-5-6-7-8-9-10(2)16-14-12(4)11(3)13(15)17-18-14/h10H,5-9H2,1-4H3,(H,16,18). The van der Waals surface area contributed by atoms with E-state index >= 15 is 0 Å². The van der Waals surface area contributed by atoms with Crippen LogP contribution in [0.1, 0.15) is 57.1 Å². The number of rotatable bonds is 7. The van der Waals surface area contributed by atoms with Crippen molar-refractivity contribution in [2.75, 3.05) is 5.32 Å². The first-order chi connectivity index (χ1) is 8.56. The van der Waals surface area contributed by atoms with Crippen LogP contribution >= 0.6 is 11.6 Å². The van der Waals surface area contributed by atoms with Crippen LogP contribution in [-0.4, -0.2) is 16.2 Å². The summed E-state index contributed by atoms with van der Waals surface area (Å²) in [7, 11) is 0. The van der Waals surface area contributed by atoms with Crippen LogP contribution in [0.5, 0.6) is 0 Å². The Kier molecular flexibility index (Phi) is 6.41. The fourth-order valence-corrected chi connectivity index (χ4v) is 2.08. The Morgan fingerprint density at radius 1 is 1.11 bits per heavy atom. The fraction of sp³-hybridized carbons (Fsp3) is 0.714. The van der Waals surface area contributed by atoms with Gasteiger partial charge in [0.15, 0.2) is 11.0 Å². The first-order valence-corrected chi connectivity index (χ1v) is 7.20. The van der Waals surface area contributed by atoms with Gasteiger partial charge in [0, 0.05) is 6.04 Å². The van der Waals surface area contributed by atoms with Gasteiger partial charge in [-0.05, 0) is 38.3 Å². The highest BCUT2D eigenvalue weighted by atomic mass is 35.5. The summed E-state index contributed by atoms with van der Waals surface area (Å²) in [5.74, 6) is 0.861. The van der Waals surface area contributed by atoms with Crippen molar-refractivity contribution in [2.24, 2.45) is 0 Å². The van der Waals surface area contributed by atoms with Crippen LogP contribution in [0, 0.1) is 13.8 Å². The minimum Gasteiger partial charge on any atom is -0.366 e. The molecule has 0 aliphatic heterocycles. The molecule has 0 amide bonds. The Balaban J connectivity index is 2.49.